The molecule has 0 bridgehead atoms. The molecule has 2 aromatic rings. The SMILES string of the molecule is Cc1ccsc1CN1CCC2(CC1)CC(=O)N(CCCc1ccccc1)C2. The van der Waals surface area contributed by atoms with Gasteiger partial charge >= 0.3 is 0 Å². The van der Waals surface area contributed by atoms with Crippen molar-refractivity contribution in [3.8, 4) is 0 Å². The van der Waals surface area contributed by atoms with E-state index in [1.807, 2.05) is 11.3 Å². The lowest BCUT2D eigenvalue weighted by Gasteiger charge is -2.38. The van der Waals surface area contributed by atoms with Gasteiger partial charge in [-0.15, -0.1) is 11.3 Å². The highest BCUT2D eigenvalue weighted by molar-refractivity contribution is 7.10. The minimum atomic E-state index is 0.241. The molecular formula is C23H30N2OS. The topological polar surface area (TPSA) is 23.6 Å². The number of amides is 1. The maximum atomic E-state index is 12.6. The third-order valence-corrected chi connectivity index (χ3v) is 7.40. The number of hydrogen-bond acceptors (Lipinski definition) is 3. The van der Waals surface area contributed by atoms with Gasteiger partial charge in [0.15, 0.2) is 0 Å². The normalized spacial score (nSPS) is 19.9. The average Bonchev–Trinajstić information content (AvgIpc) is 3.21. The molecule has 0 aliphatic carbocycles. The molecule has 1 spiro atoms. The predicted molar refractivity (Wildman–Crippen MR) is 112 cm³/mol. The van der Waals surface area contributed by atoms with Crippen LogP contribution >= 0.6 is 11.3 Å². The Morgan fingerprint density at radius 1 is 1.11 bits per heavy atom. The van der Waals surface area contributed by atoms with Gasteiger partial charge in [-0.05, 0) is 73.7 Å². The molecule has 2 aliphatic rings. The number of nitrogens with zero attached hydrogens (tertiary/aromatic N) is 2. The van der Waals surface area contributed by atoms with E-state index in [1.165, 1.54) is 28.8 Å². The van der Waals surface area contributed by atoms with Gasteiger partial charge in [0.1, 0.15) is 0 Å². The van der Waals surface area contributed by atoms with Gasteiger partial charge in [0.05, 0.1) is 0 Å². The first kappa shape index (κ1) is 18.7. The van der Waals surface area contributed by atoms with Crippen LogP contribution in [0.1, 0.15) is 41.7 Å². The van der Waals surface area contributed by atoms with E-state index < -0.39 is 0 Å². The zero-order valence-electron chi connectivity index (χ0n) is 16.3. The fourth-order valence-corrected chi connectivity index (χ4v) is 5.54. The van der Waals surface area contributed by atoms with Crippen molar-refractivity contribution < 1.29 is 4.79 Å². The zero-order chi connectivity index (χ0) is 18.7. The second kappa shape index (κ2) is 8.15. The molecular weight excluding hydrogens is 352 g/mol. The number of rotatable bonds is 6. The Morgan fingerprint density at radius 3 is 2.59 bits per heavy atom. The number of aryl methyl sites for hydroxylation is 2. The first-order valence-electron chi connectivity index (χ1n) is 10.2. The van der Waals surface area contributed by atoms with Gasteiger partial charge in [-0.25, -0.2) is 0 Å². The van der Waals surface area contributed by atoms with Gasteiger partial charge in [0.2, 0.25) is 5.91 Å². The number of piperidine rings is 1. The summed E-state index contributed by atoms with van der Waals surface area (Å²) in [5.74, 6) is 0.380. The smallest absolute Gasteiger partial charge is 0.223 e. The minimum absolute atomic E-state index is 0.241. The van der Waals surface area contributed by atoms with Crippen LogP contribution in [0.3, 0.4) is 0 Å². The van der Waals surface area contributed by atoms with Crippen molar-refractivity contribution in [1.82, 2.24) is 9.80 Å². The van der Waals surface area contributed by atoms with Crippen molar-refractivity contribution in [2.24, 2.45) is 5.41 Å². The molecule has 1 aromatic heterocycles. The number of hydrogen-bond donors (Lipinski definition) is 0. The van der Waals surface area contributed by atoms with E-state index in [9.17, 15) is 4.79 Å². The van der Waals surface area contributed by atoms with Gasteiger partial charge in [0, 0.05) is 30.9 Å². The van der Waals surface area contributed by atoms with Crippen LogP contribution in [0.15, 0.2) is 41.8 Å². The summed E-state index contributed by atoms with van der Waals surface area (Å²) in [4.78, 5) is 18.8. The summed E-state index contributed by atoms with van der Waals surface area (Å²) in [7, 11) is 0. The third-order valence-electron chi connectivity index (χ3n) is 6.39. The molecule has 0 unspecified atom stereocenters. The molecule has 4 heteroatoms. The Kier molecular flexibility index (Phi) is 5.65. The molecule has 0 N–H and O–H groups in total. The van der Waals surface area contributed by atoms with Crippen LogP contribution in [0.5, 0.6) is 0 Å². The molecule has 2 fully saturated rings. The molecule has 1 amide bonds. The van der Waals surface area contributed by atoms with Gasteiger partial charge in [-0.3, -0.25) is 9.69 Å². The largest absolute Gasteiger partial charge is 0.342 e. The monoisotopic (exact) mass is 382 g/mol. The van der Waals surface area contributed by atoms with Crippen LogP contribution in [-0.2, 0) is 17.8 Å². The van der Waals surface area contributed by atoms with E-state index in [-0.39, 0.29) is 5.41 Å². The van der Waals surface area contributed by atoms with E-state index in [1.54, 1.807) is 0 Å². The van der Waals surface area contributed by atoms with Crippen molar-refractivity contribution >= 4 is 17.2 Å². The first-order valence-corrected chi connectivity index (χ1v) is 11.1. The van der Waals surface area contributed by atoms with Crippen molar-refractivity contribution in [1.29, 1.82) is 0 Å². The second-order valence-electron chi connectivity index (χ2n) is 8.38. The Hall–Kier alpha value is -1.65. The summed E-state index contributed by atoms with van der Waals surface area (Å²) in [6.07, 6.45) is 5.22. The van der Waals surface area contributed by atoms with Crippen LogP contribution in [0.4, 0.5) is 0 Å². The number of benzene rings is 1. The number of likely N-dealkylation sites (tertiary alicyclic amines) is 2. The van der Waals surface area contributed by atoms with Gasteiger partial charge in [-0.1, -0.05) is 30.3 Å². The van der Waals surface area contributed by atoms with E-state index in [4.69, 9.17) is 0 Å². The van der Waals surface area contributed by atoms with Crippen LogP contribution in [-0.4, -0.2) is 41.9 Å². The molecule has 27 heavy (non-hydrogen) atoms. The molecule has 3 nitrogen and oxygen atoms in total. The summed E-state index contributed by atoms with van der Waals surface area (Å²) in [6, 6.07) is 12.8. The Morgan fingerprint density at radius 2 is 1.89 bits per heavy atom. The number of carbonyl (C=O) groups excluding carboxylic acids is 1. The van der Waals surface area contributed by atoms with Gasteiger partial charge in [-0.2, -0.15) is 0 Å². The Bertz CT molecular complexity index is 762. The Labute approximate surface area is 167 Å². The summed E-state index contributed by atoms with van der Waals surface area (Å²) in [6.45, 7) is 7.43. The molecule has 1 aromatic carbocycles. The lowest BCUT2D eigenvalue weighted by molar-refractivity contribution is -0.127. The van der Waals surface area contributed by atoms with Crippen molar-refractivity contribution in [3.05, 3.63) is 57.8 Å². The average molecular weight is 383 g/mol. The minimum Gasteiger partial charge on any atom is -0.342 e. The third kappa shape index (κ3) is 4.44. The van der Waals surface area contributed by atoms with Crippen LogP contribution in [0, 0.1) is 12.3 Å². The highest BCUT2D eigenvalue weighted by Crippen LogP contribution is 2.41. The van der Waals surface area contributed by atoms with Crippen molar-refractivity contribution in [2.45, 2.75) is 45.6 Å². The molecule has 3 heterocycles. The summed E-state index contributed by atoms with van der Waals surface area (Å²) < 4.78 is 0. The van der Waals surface area contributed by atoms with Crippen LogP contribution < -0.4 is 0 Å². The second-order valence-corrected chi connectivity index (χ2v) is 9.38. The van der Waals surface area contributed by atoms with Crippen LogP contribution in [0.2, 0.25) is 0 Å². The lowest BCUT2D eigenvalue weighted by atomic mass is 9.77. The summed E-state index contributed by atoms with van der Waals surface area (Å²) in [5.41, 5.74) is 3.03. The van der Waals surface area contributed by atoms with Crippen molar-refractivity contribution in [3.63, 3.8) is 0 Å². The number of thiophene rings is 1. The molecule has 2 saturated heterocycles. The fraction of sp³-hybridized carbons (Fsp3) is 0.522. The van der Waals surface area contributed by atoms with Crippen LogP contribution in [0.25, 0.3) is 0 Å². The van der Waals surface area contributed by atoms with E-state index in [2.05, 4.69) is 58.5 Å². The number of carbonyl (C=O) groups is 1. The molecule has 144 valence electrons. The molecule has 0 saturated carbocycles. The Balaban J connectivity index is 1.25. The summed E-state index contributed by atoms with van der Waals surface area (Å²) >= 11 is 1.87. The summed E-state index contributed by atoms with van der Waals surface area (Å²) in [5, 5.41) is 2.19. The fourth-order valence-electron chi connectivity index (χ4n) is 4.59. The quantitative estimate of drug-likeness (QED) is 0.734. The van der Waals surface area contributed by atoms with E-state index in [0.717, 1.165) is 52.0 Å². The maximum absolute atomic E-state index is 12.6. The zero-order valence-corrected chi connectivity index (χ0v) is 17.1. The molecule has 0 radical (unpaired) electrons. The van der Waals surface area contributed by atoms with Crippen molar-refractivity contribution in [2.75, 3.05) is 26.2 Å². The standard InChI is InChI=1S/C23H30N2OS/c1-19-9-15-27-21(19)17-24-13-10-23(11-14-24)16-22(26)25(18-23)12-5-8-20-6-3-2-4-7-20/h2-4,6-7,9,15H,5,8,10-14,16-18H2,1H3. The first-order chi connectivity index (χ1) is 13.1. The molecule has 0 atom stereocenters. The lowest BCUT2D eigenvalue weighted by Crippen LogP contribution is -2.41. The predicted octanol–water partition coefficient (Wildman–Crippen LogP) is 4.50. The maximum Gasteiger partial charge on any atom is 0.223 e. The highest BCUT2D eigenvalue weighted by atomic mass is 32.1. The van der Waals surface area contributed by atoms with E-state index in [0.29, 0.717) is 5.91 Å². The van der Waals surface area contributed by atoms with Gasteiger partial charge in [0.25, 0.3) is 0 Å². The van der Waals surface area contributed by atoms with E-state index >= 15 is 0 Å². The molecule has 2 aliphatic heterocycles. The van der Waals surface area contributed by atoms with Gasteiger partial charge < -0.3 is 4.90 Å². The highest BCUT2D eigenvalue weighted by Gasteiger charge is 2.44. The molecule has 4 rings (SSSR count).